The monoisotopic (exact) mass is 516 g/mol. The van der Waals surface area contributed by atoms with Crippen LogP contribution in [0, 0.1) is 5.92 Å². The summed E-state index contributed by atoms with van der Waals surface area (Å²) in [6, 6.07) is 9.12. The summed E-state index contributed by atoms with van der Waals surface area (Å²) in [5.74, 6) is -1.60. The Morgan fingerprint density at radius 3 is 2.72 bits per heavy atom. The summed E-state index contributed by atoms with van der Waals surface area (Å²) in [5, 5.41) is 14.5. The predicted molar refractivity (Wildman–Crippen MR) is 128 cm³/mol. The van der Waals surface area contributed by atoms with Crippen LogP contribution >= 0.6 is 11.8 Å². The molecule has 3 heterocycles. The number of carboxylic acid groups (broad SMARTS) is 1. The minimum Gasteiger partial charge on any atom is -0.497 e. The first-order valence-corrected chi connectivity index (χ1v) is 11.6. The summed E-state index contributed by atoms with van der Waals surface area (Å²) >= 11 is 1.19. The van der Waals surface area contributed by atoms with Gasteiger partial charge in [0.1, 0.15) is 5.75 Å². The molecule has 0 radical (unpaired) electrons. The molecule has 0 aliphatic carbocycles. The molecule has 1 fully saturated rings. The summed E-state index contributed by atoms with van der Waals surface area (Å²) in [4.78, 5) is 29.5. The lowest BCUT2D eigenvalue weighted by atomic mass is 10.0. The molecule has 1 aromatic heterocycles. The number of likely N-dealkylation sites (tertiary alicyclic amines) is 1. The van der Waals surface area contributed by atoms with E-state index in [0.29, 0.717) is 39.6 Å². The smallest absolute Gasteiger partial charge is 0.416 e. The van der Waals surface area contributed by atoms with Crippen LogP contribution in [-0.2, 0) is 22.3 Å². The van der Waals surface area contributed by atoms with Gasteiger partial charge in [0.25, 0.3) is 5.91 Å². The van der Waals surface area contributed by atoms with E-state index in [0.717, 1.165) is 6.07 Å². The van der Waals surface area contributed by atoms with Crippen LogP contribution in [0.5, 0.6) is 5.75 Å². The van der Waals surface area contributed by atoms with Crippen LogP contribution in [0.1, 0.15) is 16.7 Å². The normalized spacial score (nSPS) is 17.6. The van der Waals surface area contributed by atoms with Crippen LogP contribution in [0.3, 0.4) is 0 Å². The first-order chi connectivity index (χ1) is 17.1. The van der Waals surface area contributed by atoms with Gasteiger partial charge in [0.2, 0.25) is 0 Å². The molecular weight excluding hydrogens is 497 g/mol. The second-order valence-electron chi connectivity index (χ2n) is 8.39. The number of fused-ring (bicyclic) bond motifs is 1. The highest BCUT2D eigenvalue weighted by Gasteiger charge is 2.38. The third-order valence-electron chi connectivity index (χ3n) is 6.02. The molecule has 2 aliphatic heterocycles. The van der Waals surface area contributed by atoms with Gasteiger partial charge in [-0.2, -0.15) is 23.3 Å². The maximum atomic E-state index is 13.6. The number of aliphatic imine (C=N–C) groups is 1. The fourth-order valence-electron chi connectivity index (χ4n) is 4.04. The van der Waals surface area contributed by atoms with Crippen molar-refractivity contribution >= 4 is 45.8 Å². The number of aliphatic carboxylic acids is 1. The van der Waals surface area contributed by atoms with Crippen molar-refractivity contribution in [2.45, 2.75) is 12.7 Å². The Balaban J connectivity index is 1.35. The first-order valence-electron chi connectivity index (χ1n) is 10.8. The van der Waals surface area contributed by atoms with Crippen LogP contribution in [0.2, 0.25) is 0 Å². The van der Waals surface area contributed by atoms with E-state index in [2.05, 4.69) is 10.1 Å². The summed E-state index contributed by atoms with van der Waals surface area (Å²) in [6.07, 6.45) is -1.30. The maximum absolute atomic E-state index is 13.6. The number of thioether (sulfide) groups is 1. The van der Waals surface area contributed by atoms with Crippen molar-refractivity contribution in [3.63, 3.8) is 0 Å². The lowest BCUT2D eigenvalue weighted by molar-refractivity contribution is -0.145. The highest BCUT2D eigenvalue weighted by Crippen LogP contribution is 2.36. The number of nitrogens with zero attached hydrogens (tertiary/aromatic N) is 4. The standard InChI is InChI=1S/C24H19F3N4O4S/c1-35-17-4-3-14(18(8-17)24(25,26)27)12-31-19-5-2-13(6-15(19)9-28-31)7-20-21(32)29-23(36-20)30-10-16(11-30)22(33)34/h2-9,16H,10-12H2,1H3,(H,33,34). The molecule has 1 N–H and O–H groups in total. The molecule has 0 bridgehead atoms. The van der Waals surface area contributed by atoms with Crippen molar-refractivity contribution in [1.29, 1.82) is 0 Å². The molecule has 0 unspecified atom stereocenters. The Hall–Kier alpha value is -3.80. The van der Waals surface area contributed by atoms with Gasteiger partial charge in [0, 0.05) is 18.5 Å². The van der Waals surface area contributed by atoms with Crippen LogP contribution in [0.4, 0.5) is 13.2 Å². The number of benzene rings is 2. The molecule has 12 heteroatoms. The number of carboxylic acids is 1. The van der Waals surface area contributed by atoms with Gasteiger partial charge in [-0.1, -0.05) is 12.1 Å². The SMILES string of the molecule is COc1ccc(Cn2ncc3cc(C=C4SC(N5CC(C(=O)O)C5)=NC4=O)ccc32)c(C(F)(F)F)c1. The van der Waals surface area contributed by atoms with Crippen molar-refractivity contribution in [2.24, 2.45) is 10.9 Å². The van der Waals surface area contributed by atoms with E-state index in [9.17, 15) is 22.8 Å². The molecule has 36 heavy (non-hydrogen) atoms. The molecule has 0 saturated carbocycles. The second kappa shape index (κ2) is 9.01. The number of alkyl halides is 3. The van der Waals surface area contributed by atoms with Crippen molar-refractivity contribution in [1.82, 2.24) is 14.7 Å². The third-order valence-corrected chi connectivity index (χ3v) is 7.06. The van der Waals surface area contributed by atoms with Crippen molar-refractivity contribution in [2.75, 3.05) is 20.2 Å². The zero-order valence-electron chi connectivity index (χ0n) is 18.8. The Bertz CT molecular complexity index is 1440. The molecule has 186 valence electrons. The molecule has 1 amide bonds. The molecule has 0 atom stereocenters. The minimum atomic E-state index is -4.54. The summed E-state index contributed by atoms with van der Waals surface area (Å²) in [5.41, 5.74) is 0.634. The maximum Gasteiger partial charge on any atom is 0.416 e. The molecule has 2 aromatic carbocycles. The molecular formula is C24H19F3N4O4S. The van der Waals surface area contributed by atoms with Gasteiger partial charge in [-0.15, -0.1) is 0 Å². The zero-order valence-corrected chi connectivity index (χ0v) is 19.6. The number of hydrogen-bond donors (Lipinski definition) is 1. The lowest BCUT2D eigenvalue weighted by Gasteiger charge is -2.37. The number of carbonyl (C=O) groups excluding carboxylic acids is 1. The summed E-state index contributed by atoms with van der Waals surface area (Å²) < 4.78 is 47.2. The molecule has 3 aromatic rings. The van der Waals surface area contributed by atoms with Gasteiger partial charge in [-0.25, -0.2) is 0 Å². The largest absolute Gasteiger partial charge is 0.497 e. The average Bonchev–Trinajstić information content (AvgIpc) is 3.35. The van der Waals surface area contributed by atoms with Crippen LogP contribution < -0.4 is 4.74 Å². The Labute approximate surface area is 207 Å². The molecule has 5 rings (SSSR count). The average molecular weight is 517 g/mol. The molecule has 0 spiro atoms. The van der Waals surface area contributed by atoms with Gasteiger partial charge < -0.3 is 14.7 Å². The number of amides is 1. The van der Waals surface area contributed by atoms with E-state index in [1.165, 1.54) is 35.7 Å². The number of carbonyl (C=O) groups is 2. The van der Waals surface area contributed by atoms with E-state index in [1.54, 1.807) is 35.4 Å². The van der Waals surface area contributed by atoms with Gasteiger partial charge in [0.05, 0.1) is 41.8 Å². The van der Waals surface area contributed by atoms with Crippen LogP contribution in [-0.4, -0.2) is 57.0 Å². The quantitative estimate of drug-likeness (QED) is 0.510. The van der Waals surface area contributed by atoms with Crippen molar-refractivity contribution < 1.29 is 32.6 Å². The lowest BCUT2D eigenvalue weighted by Crippen LogP contribution is -2.51. The van der Waals surface area contributed by atoms with Crippen molar-refractivity contribution in [3.05, 3.63) is 64.2 Å². The zero-order chi connectivity index (χ0) is 25.6. The molecule has 1 saturated heterocycles. The Morgan fingerprint density at radius 2 is 2.03 bits per heavy atom. The molecule has 2 aliphatic rings. The van der Waals surface area contributed by atoms with E-state index >= 15 is 0 Å². The van der Waals surface area contributed by atoms with Crippen LogP contribution in [0.25, 0.3) is 17.0 Å². The second-order valence-corrected chi connectivity index (χ2v) is 9.40. The fraction of sp³-hybridized carbons (Fsp3) is 0.250. The van der Waals surface area contributed by atoms with Gasteiger partial charge in [-0.05, 0) is 53.2 Å². The van der Waals surface area contributed by atoms with Crippen molar-refractivity contribution in [3.8, 4) is 5.75 Å². The first kappa shape index (κ1) is 23.9. The summed E-state index contributed by atoms with van der Waals surface area (Å²) in [7, 11) is 1.31. The van der Waals surface area contributed by atoms with Gasteiger partial charge >= 0.3 is 12.1 Å². The number of aromatic nitrogens is 2. The Morgan fingerprint density at radius 1 is 1.25 bits per heavy atom. The highest BCUT2D eigenvalue weighted by molar-refractivity contribution is 8.18. The number of rotatable bonds is 5. The topological polar surface area (TPSA) is 97.0 Å². The number of halogens is 3. The van der Waals surface area contributed by atoms with E-state index < -0.39 is 29.5 Å². The third kappa shape index (κ3) is 4.55. The van der Waals surface area contributed by atoms with E-state index in [1.807, 2.05) is 0 Å². The molecule has 8 nitrogen and oxygen atoms in total. The number of amidine groups is 1. The van der Waals surface area contributed by atoms with E-state index in [4.69, 9.17) is 9.84 Å². The Kier molecular flexibility index (Phi) is 5.99. The number of hydrogen-bond acceptors (Lipinski definition) is 6. The predicted octanol–water partition coefficient (Wildman–Crippen LogP) is 4.10. The van der Waals surface area contributed by atoms with Crippen LogP contribution in [0.15, 0.2) is 52.5 Å². The minimum absolute atomic E-state index is 0.0632. The highest BCUT2D eigenvalue weighted by atomic mass is 32.2. The van der Waals surface area contributed by atoms with E-state index in [-0.39, 0.29) is 17.9 Å². The summed E-state index contributed by atoms with van der Waals surface area (Å²) in [6.45, 7) is 0.551. The fourth-order valence-corrected chi connectivity index (χ4v) is 4.97. The van der Waals surface area contributed by atoms with Gasteiger partial charge in [-0.3, -0.25) is 14.3 Å². The number of ether oxygens (including phenoxy) is 1. The number of methoxy groups -OCH3 is 1. The van der Waals surface area contributed by atoms with Gasteiger partial charge in [0.15, 0.2) is 5.17 Å².